The fraction of sp³-hybridized carbons (Fsp3) is 0.167. The largest absolute Gasteiger partial charge is 0.497 e. The van der Waals surface area contributed by atoms with E-state index in [-0.39, 0.29) is 19.2 Å². The average molecular weight is 368 g/mol. The zero-order valence-electron chi connectivity index (χ0n) is 14.4. The van der Waals surface area contributed by atoms with Crippen LogP contribution in [0.3, 0.4) is 0 Å². The number of nitrogens with one attached hydrogen (secondary N) is 2. The van der Waals surface area contributed by atoms with Crippen LogP contribution in [-0.2, 0) is 6.54 Å². The van der Waals surface area contributed by atoms with Crippen molar-refractivity contribution in [2.45, 2.75) is 6.54 Å². The molecule has 0 atom stereocenters. The number of ether oxygens (including phenoxy) is 3. The summed E-state index contributed by atoms with van der Waals surface area (Å²) in [5.74, 6) is 2.65. The van der Waals surface area contributed by atoms with Crippen LogP contribution in [0, 0.1) is 0 Å². The molecule has 27 heavy (non-hydrogen) atoms. The second kappa shape index (κ2) is 7.24. The van der Waals surface area contributed by atoms with E-state index >= 15 is 0 Å². The predicted molar refractivity (Wildman–Crippen MR) is 94.7 cm³/mol. The molecule has 0 spiro atoms. The molecule has 1 aliphatic heterocycles. The number of aromatic nitrogens is 2. The second-order valence-corrected chi connectivity index (χ2v) is 5.62. The standard InChI is InChI=1S/C18H16N4O5/c1-24-13-4-2-3-12(8-13)20-18(23)19-9-16-21-17(22-27-16)11-5-6-14-15(7-11)26-10-25-14/h2-8H,9-10H2,1H3,(H2,19,20,23). The van der Waals surface area contributed by atoms with Gasteiger partial charge in [0.25, 0.3) is 0 Å². The maximum atomic E-state index is 12.0. The van der Waals surface area contributed by atoms with Gasteiger partial charge in [0.2, 0.25) is 18.5 Å². The normalized spacial score (nSPS) is 11.9. The number of hydrogen-bond donors (Lipinski definition) is 2. The number of benzene rings is 2. The van der Waals surface area contributed by atoms with Crippen molar-refractivity contribution in [3.8, 4) is 28.6 Å². The third-order valence-corrected chi connectivity index (χ3v) is 3.83. The first-order valence-corrected chi connectivity index (χ1v) is 8.13. The van der Waals surface area contributed by atoms with E-state index in [0.717, 1.165) is 5.56 Å². The first-order valence-electron chi connectivity index (χ1n) is 8.13. The number of fused-ring (bicyclic) bond motifs is 1. The third kappa shape index (κ3) is 3.76. The van der Waals surface area contributed by atoms with E-state index in [4.69, 9.17) is 18.7 Å². The smallest absolute Gasteiger partial charge is 0.319 e. The lowest BCUT2D eigenvalue weighted by molar-refractivity contribution is 0.174. The number of amides is 2. The summed E-state index contributed by atoms with van der Waals surface area (Å²) in [5.41, 5.74) is 1.34. The van der Waals surface area contributed by atoms with Gasteiger partial charge < -0.3 is 29.4 Å². The van der Waals surface area contributed by atoms with Gasteiger partial charge in [0.05, 0.1) is 13.7 Å². The Morgan fingerprint density at radius 3 is 2.96 bits per heavy atom. The van der Waals surface area contributed by atoms with Gasteiger partial charge in [-0.3, -0.25) is 0 Å². The molecule has 3 aromatic rings. The molecule has 2 N–H and O–H groups in total. The van der Waals surface area contributed by atoms with Crippen LogP contribution < -0.4 is 24.8 Å². The first kappa shape index (κ1) is 16.7. The number of anilines is 1. The highest BCUT2D eigenvalue weighted by molar-refractivity contribution is 5.89. The maximum Gasteiger partial charge on any atom is 0.319 e. The molecule has 1 aliphatic rings. The lowest BCUT2D eigenvalue weighted by Crippen LogP contribution is -2.28. The molecular weight excluding hydrogens is 352 g/mol. The van der Waals surface area contributed by atoms with Crippen LogP contribution in [0.2, 0.25) is 0 Å². The second-order valence-electron chi connectivity index (χ2n) is 5.62. The van der Waals surface area contributed by atoms with Crippen molar-refractivity contribution < 1.29 is 23.5 Å². The van der Waals surface area contributed by atoms with E-state index in [0.29, 0.717) is 28.8 Å². The fourth-order valence-corrected chi connectivity index (χ4v) is 2.51. The van der Waals surface area contributed by atoms with Crippen LogP contribution >= 0.6 is 0 Å². The minimum absolute atomic E-state index is 0.0906. The summed E-state index contributed by atoms with van der Waals surface area (Å²) in [6, 6.07) is 12.0. The summed E-state index contributed by atoms with van der Waals surface area (Å²) in [5, 5.41) is 9.29. The average Bonchev–Trinajstić information content (AvgIpc) is 3.35. The molecule has 4 rings (SSSR count). The van der Waals surface area contributed by atoms with Gasteiger partial charge in [-0.25, -0.2) is 4.79 Å². The Hall–Kier alpha value is -3.75. The SMILES string of the molecule is COc1cccc(NC(=O)NCc2nc(-c3ccc4c(c3)OCO4)no2)c1. The molecule has 0 fully saturated rings. The zero-order valence-corrected chi connectivity index (χ0v) is 14.4. The van der Waals surface area contributed by atoms with E-state index in [9.17, 15) is 4.79 Å². The predicted octanol–water partition coefficient (Wildman–Crippen LogP) is 2.80. The molecule has 2 aromatic carbocycles. The van der Waals surface area contributed by atoms with Crippen molar-refractivity contribution >= 4 is 11.7 Å². The summed E-state index contributed by atoms with van der Waals surface area (Å²) < 4.78 is 20.9. The molecule has 2 heterocycles. The highest BCUT2D eigenvalue weighted by Gasteiger charge is 2.16. The quantitative estimate of drug-likeness (QED) is 0.713. The summed E-state index contributed by atoms with van der Waals surface area (Å²) in [4.78, 5) is 16.3. The molecule has 9 nitrogen and oxygen atoms in total. The number of carbonyl (C=O) groups excluding carboxylic acids is 1. The van der Waals surface area contributed by atoms with E-state index in [1.807, 2.05) is 6.07 Å². The Balaban J connectivity index is 1.36. The Bertz CT molecular complexity index is 972. The van der Waals surface area contributed by atoms with Gasteiger partial charge in [-0.05, 0) is 30.3 Å². The van der Waals surface area contributed by atoms with Crippen molar-refractivity contribution in [1.82, 2.24) is 15.5 Å². The van der Waals surface area contributed by atoms with Crippen LogP contribution in [0.1, 0.15) is 5.89 Å². The van der Waals surface area contributed by atoms with Gasteiger partial charge in [-0.2, -0.15) is 4.98 Å². The number of nitrogens with zero attached hydrogens (tertiary/aromatic N) is 2. The molecule has 0 saturated carbocycles. The van der Waals surface area contributed by atoms with E-state index < -0.39 is 6.03 Å². The van der Waals surface area contributed by atoms with E-state index in [2.05, 4.69) is 20.8 Å². The van der Waals surface area contributed by atoms with E-state index in [1.54, 1.807) is 43.5 Å². The van der Waals surface area contributed by atoms with Crippen molar-refractivity contribution in [2.75, 3.05) is 19.2 Å². The summed E-state index contributed by atoms with van der Waals surface area (Å²) in [6.45, 7) is 0.288. The highest BCUT2D eigenvalue weighted by atomic mass is 16.7. The van der Waals surface area contributed by atoms with Gasteiger partial charge in [-0.15, -0.1) is 0 Å². The van der Waals surface area contributed by atoms with Crippen LogP contribution in [0.4, 0.5) is 10.5 Å². The Morgan fingerprint density at radius 2 is 2.07 bits per heavy atom. The van der Waals surface area contributed by atoms with Gasteiger partial charge >= 0.3 is 6.03 Å². The zero-order chi connectivity index (χ0) is 18.6. The van der Waals surface area contributed by atoms with Crippen LogP contribution in [-0.4, -0.2) is 30.1 Å². The third-order valence-electron chi connectivity index (χ3n) is 3.83. The van der Waals surface area contributed by atoms with Crippen molar-refractivity contribution in [2.24, 2.45) is 0 Å². The summed E-state index contributed by atoms with van der Waals surface area (Å²) in [6.07, 6.45) is 0. The fourth-order valence-electron chi connectivity index (χ4n) is 2.51. The van der Waals surface area contributed by atoms with Gasteiger partial charge in [-0.1, -0.05) is 11.2 Å². The number of carbonyl (C=O) groups is 1. The molecule has 0 radical (unpaired) electrons. The molecule has 0 unspecified atom stereocenters. The molecule has 138 valence electrons. The summed E-state index contributed by atoms with van der Waals surface area (Å²) in [7, 11) is 1.56. The Labute approximate surface area is 154 Å². The molecule has 0 aliphatic carbocycles. The van der Waals surface area contributed by atoms with Crippen molar-refractivity contribution in [3.63, 3.8) is 0 Å². The molecule has 1 aromatic heterocycles. The van der Waals surface area contributed by atoms with Gasteiger partial charge in [0.1, 0.15) is 5.75 Å². The Kier molecular flexibility index (Phi) is 4.48. The Morgan fingerprint density at radius 1 is 1.19 bits per heavy atom. The molecule has 0 saturated heterocycles. The maximum absolute atomic E-state index is 12.0. The van der Waals surface area contributed by atoms with Gasteiger partial charge in [0.15, 0.2) is 11.5 Å². The van der Waals surface area contributed by atoms with Crippen molar-refractivity contribution in [1.29, 1.82) is 0 Å². The van der Waals surface area contributed by atoms with Gasteiger partial charge in [0, 0.05) is 17.3 Å². The van der Waals surface area contributed by atoms with Crippen molar-refractivity contribution in [3.05, 3.63) is 48.4 Å². The highest BCUT2D eigenvalue weighted by Crippen LogP contribution is 2.35. The first-order chi connectivity index (χ1) is 13.2. The lowest BCUT2D eigenvalue weighted by atomic mass is 10.2. The van der Waals surface area contributed by atoms with E-state index in [1.165, 1.54) is 0 Å². The lowest BCUT2D eigenvalue weighted by Gasteiger charge is -2.07. The molecule has 0 bridgehead atoms. The topological polar surface area (TPSA) is 108 Å². The molecule has 9 heteroatoms. The number of rotatable bonds is 5. The minimum Gasteiger partial charge on any atom is -0.497 e. The monoisotopic (exact) mass is 368 g/mol. The number of urea groups is 1. The minimum atomic E-state index is -0.397. The van der Waals surface area contributed by atoms with Crippen LogP contribution in [0.15, 0.2) is 47.0 Å². The summed E-state index contributed by atoms with van der Waals surface area (Å²) >= 11 is 0. The molecule has 2 amide bonds. The number of methoxy groups -OCH3 is 1. The van der Waals surface area contributed by atoms with Crippen LogP contribution in [0.25, 0.3) is 11.4 Å². The number of hydrogen-bond acceptors (Lipinski definition) is 7. The molecular formula is C18H16N4O5. The van der Waals surface area contributed by atoms with Crippen LogP contribution in [0.5, 0.6) is 17.2 Å².